The van der Waals surface area contributed by atoms with Crippen molar-refractivity contribution in [3.63, 3.8) is 0 Å². The SMILES string of the molecule is Clc1nc(-c2cccc(-c3ccccc3)c2)nc(-c2cccc3c2-c2ccccc2C3(c2ccccc2)c2ccccc2)n1. The molecule has 0 bridgehead atoms. The molecule has 1 aliphatic carbocycles. The smallest absolute Gasteiger partial charge is 0.208 e. The number of aromatic nitrogens is 3. The van der Waals surface area contributed by atoms with Gasteiger partial charge in [-0.3, -0.25) is 0 Å². The lowest BCUT2D eigenvalue weighted by atomic mass is 9.67. The Morgan fingerprint density at radius 3 is 1.66 bits per heavy atom. The van der Waals surface area contributed by atoms with Crippen LogP contribution in [0.25, 0.3) is 45.0 Å². The minimum atomic E-state index is -0.506. The summed E-state index contributed by atoms with van der Waals surface area (Å²) in [6.07, 6.45) is 0. The van der Waals surface area contributed by atoms with Crippen LogP contribution in [0.2, 0.25) is 5.28 Å². The lowest BCUT2D eigenvalue weighted by molar-refractivity contribution is 0.768. The summed E-state index contributed by atoms with van der Waals surface area (Å²) in [5.41, 5.74) is 10.6. The van der Waals surface area contributed by atoms with Gasteiger partial charge in [-0.2, -0.15) is 9.97 Å². The molecule has 6 aromatic carbocycles. The molecular formula is C40H26ClN3. The average Bonchev–Trinajstić information content (AvgIpc) is 3.40. The molecule has 0 atom stereocenters. The second-order valence-corrected chi connectivity index (χ2v) is 11.3. The number of fused-ring (bicyclic) bond motifs is 3. The topological polar surface area (TPSA) is 38.7 Å². The Labute approximate surface area is 261 Å². The van der Waals surface area contributed by atoms with Gasteiger partial charge in [0.2, 0.25) is 5.28 Å². The van der Waals surface area contributed by atoms with E-state index in [9.17, 15) is 0 Å². The summed E-state index contributed by atoms with van der Waals surface area (Å²) in [5, 5.41) is 0.163. The van der Waals surface area contributed by atoms with Crippen molar-refractivity contribution in [1.29, 1.82) is 0 Å². The van der Waals surface area contributed by atoms with Crippen molar-refractivity contribution in [2.75, 3.05) is 0 Å². The van der Waals surface area contributed by atoms with Crippen molar-refractivity contribution in [3.05, 3.63) is 185 Å². The maximum atomic E-state index is 6.64. The van der Waals surface area contributed by atoms with Crippen molar-refractivity contribution < 1.29 is 0 Å². The molecule has 0 spiro atoms. The van der Waals surface area contributed by atoms with Crippen LogP contribution in [0.1, 0.15) is 22.3 Å². The number of nitrogens with zero attached hydrogens (tertiary/aromatic N) is 3. The van der Waals surface area contributed by atoms with Gasteiger partial charge in [-0.25, -0.2) is 4.98 Å². The van der Waals surface area contributed by atoms with Gasteiger partial charge in [0.1, 0.15) is 0 Å². The normalized spacial score (nSPS) is 12.8. The van der Waals surface area contributed by atoms with Gasteiger partial charge in [0, 0.05) is 11.1 Å². The van der Waals surface area contributed by atoms with Crippen LogP contribution in [-0.2, 0) is 5.41 Å². The van der Waals surface area contributed by atoms with Crippen molar-refractivity contribution in [2.45, 2.75) is 5.41 Å². The molecule has 0 aliphatic heterocycles. The van der Waals surface area contributed by atoms with E-state index < -0.39 is 5.41 Å². The van der Waals surface area contributed by atoms with Gasteiger partial charge in [-0.15, -0.1) is 0 Å². The van der Waals surface area contributed by atoms with E-state index in [-0.39, 0.29) is 5.28 Å². The Morgan fingerprint density at radius 2 is 0.932 bits per heavy atom. The zero-order valence-corrected chi connectivity index (χ0v) is 24.5. The summed E-state index contributed by atoms with van der Waals surface area (Å²) in [6.45, 7) is 0. The molecule has 44 heavy (non-hydrogen) atoms. The highest BCUT2D eigenvalue weighted by atomic mass is 35.5. The van der Waals surface area contributed by atoms with E-state index in [4.69, 9.17) is 21.6 Å². The molecule has 1 heterocycles. The third kappa shape index (κ3) is 4.16. The van der Waals surface area contributed by atoms with Crippen molar-refractivity contribution >= 4 is 11.6 Å². The van der Waals surface area contributed by atoms with E-state index in [1.165, 1.54) is 22.3 Å². The molecule has 0 saturated carbocycles. The molecule has 1 aliphatic rings. The van der Waals surface area contributed by atoms with Crippen LogP contribution in [0.3, 0.4) is 0 Å². The maximum Gasteiger partial charge on any atom is 0.226 e. The van der Waals surface area contributed by atoms with Gasteiger partial charge in [0.15, 0.2) is 11.6 Å². The predicted molar refractivity (Wildman–Crippen MR) is 178 cm³/mol. The largest absolute Gasteiger partial charge is 0.226 e. The quantitative estimate of drug-likeness (QED) is 0.202. The Bertz CT molecular complexity index is 2090. The number of rotatable bonds is 5. The van der Waals surface area contributed by atoms with E-state index in [1.807, 2.05) is 30.3 Å². The van der Waals surface area contributed by atoms with E-state index in [0.717, 1.165) is 33.4 Å². The van der Waals surface area contributed by atoms with Gasteiger partial charge in [0.25, 0.3) is 0 Å². The molecule has 1 aromatic heterocycles. The second kappa shape index (κ2) is 10.7. The molecule has 0 N–H and O–H groups in total. The molecule has 0 unspecified atom stereocenters. The Balaban J connectivity index is 1.36. The summed E-state index contributed by atoms with van der Waals surface area (Å²) in [6, 6.07) is 55.2. The molecule has 0 radical (unpaired) electrons. The van der Waals surface area contributed by atoms with Crippen LogP contribution in [0.15, 0.2) is 158 Å². The molecule has 208 valence electrons. The van der Waals surface area contributed by atoms with Gasteiger partial charge in [-0.1, -0.05) is 152 Å². The van der Waals surface area contributed by atoms with Gasteiger partial charge in [-0.05, 0) is 62.2 Å². The van der Waals surface area contributed by atoms with Gasteiger partial charge in [0.05, 0.1) is 5.41 Å². The van der Waals surface area contributed by atoms with Crippen LogP contribution in [-0.4, -0.2) is 15.0 Å². The van der Waals surface area contributed by atoms with Crippen LogP contribution in [0.4, 0.5) is 0 Å². The van der Waals surface area contributed by atoms with Crippen LogP contribution in [0, 0.1) is 0 Å². The number of hydrogen-bond acceptors (Lipinski definition) is 3. The van der Waals surface area contributed by atoms with E-state index in [1.54, 1.807) is 0 Å². The highest BCUT2D eigenvalue weighted by Gasteiger charge is 2.46. The lowest BCUT2D eigenvalue weighted by Crippen LogP contribution is -2.28. The first kappa shape index (κ1) is 26.3. The Morgan fingerprint density at radius 1 is 0.409 bits per heavy atom. The number of benzene rings is 6. The Kier molecular flexibility index (Phi) is 6.40. The molecule has 0 amide bonds. The first-order valence-electron chi connectivity index (χ1n) is 14.7. The zero-order chi connectivity index (χ0) is 29.5. The minimum absolute atomic E-state index is 0.163. The van der Waals surface area contributed by atoms with Crippen molar-refractivity contribution in [1.82, 2.24) is 15.0 Å². The first-order valence-corrected chi connectivity index (χ1v) is 15.0. The first-order chi connectivity index (χ1) is 21.7. The maximum absolute atomic E-state index is 6.64. The second-order valence-electron chi connectivity index (χ2n) is 11.0. The summed E-state index contributed by atoms with van der Waals surface area (Å²) in [7, 11) is 0. The van der Waals surface area contributed by atoms with Gasteiger partial charge >= 0.3 is 0 Å². The fourth-order valence-corrected chi connectivity index (χ4v) is 6.91. The fraction of sp³-hybridized carbons (Fsp3) is 0.0250. The molecule has 0 fully saturated rings. The predicted octanol–water partition coefficient (Wildman–Crippen LogP) is 9.89. The minimum Gasteiger partial charge on any atom is -0.208 e. The Hall–Kier alpha value is -5.38. The monoisotopic (exact) mass is 583 g/mol. The van der Waals surface area contributed by atoms with Crippen LogP contribution < -0.4 is 0 Å². The number of hydrogen-bond donors (Lipinski definition) is 0. The zero-order valence-electron chi connectivity index (χ0n) is 23.7. The molecule has 3 nitrogen and oxygen atoms in total. The van der Waals surface area contributed by atoms with E-state index in [2.05, 4.69) is 132 Å². The van der Waals surface area contributed by atoms with Crippen LogP contribution >= 0.6 is 11.6 Å². The molecule has 4 heteroatoms. The third-order valence-electron chi connectivity index (χ3n) is 8.56. The molecule has 7 aromatic rings. The third-order valence-corrected chi connectivity index (χ3v) is 8.73. The summed E-state index contributed by atoms with van der Waals surface area (Å²) in [4.78, 5) is 14.3. The highest BCUT2D eigenvalue weighted by molar-refractivity contribution is 6.28. The highest BCUT2D eigenvalue weighted by Crippen LogP contribution is 2.57. The summed E-state index contributed by atoms with van der Waals surface area (Å²) >= 11 is 6.64. The van der Waals surface area contributed by atoms with Gasteiger partial charge < -0.3 is 0 Å². The van der Waals surface area contributed by atoms with Crippen molar-refractivity contribution in [2.24, 2.45) is 0 Å². The fourth-order valence-electron chi connectivity index (χ4n) is 6.75. The number of halogens is 1. The van der Waals surface area contributed by atoms with Crippen molar-refractivity contribution in [3.8, 4) is 45.0 Å². The molecular weight excluding hydrogens is 558 g/mol. The molecule has 0 saturated heterocycles. The van der Waals surface area contributed by atoms with Crippen LogP contribution in [0.5, 0.6) is 0 Å². The lowest BCUT2D eigenvalue weighted by Gasteiger charge is -2.33. The molecule has 8 rings (SSSR count). The summed E-state index contributed by atoms with van der Waals surface area (Å²) < 4.78 is 0. The standard InChI is InChI=1S/C40H26ClN3/c41-39-43-37(29-17-12-16-28(26-29)27-14-4-1-5-15-27)42-38(44-39)33-23-13-25-35-36(33)32-22-10-11-24-34(32)40(35,30-18-6-2-7-19-30)31-20-8-3-9-21-31/h1-26H. The van der Waals surface area contributed by atoms with E-state index in [0.29, 0.717) is 11.6 Å². The average molecular weight is 584 g/mol. The summed E-state index contributed by atoms with van der Waals surface area (Å²) in [5.74, 6) is 1.09. The van der Waals surface area contributed by atoms with E-state index >= 15 is 0 Å².